The van der Waals surface area contributed by atoms with Gasteiger partial charge in [-0.2, -0.15) is 0 Å². The van der Waals surface area contributed by atoms with Crippen molar-refractivity contribution in [2.45, 2.75) is 12.8 Å². The van der Waals surface area contributed by atoms with Gasteiger partial charge in [-0.1, -0.05) is 17.7 Å². The Morgan fingerprint density at radius 1 is 1.44 bits per heavy atom. The molecular formula is C12H9ClFNO3. The normalized spacial score (nSPS) is 10.6. The molecule has 0 atom stereocenters. The highest BCUT2D eigenvalue weighted by atomic mass is 35.5. The fourth-order valence-corrected chi connectivity index (χ4v) is 1.89. The zero-order chi connectivity index (χ0) is 13.1. The maximum Gasteiger partial charge on any atom is 0.358 e. The van der Waals surface area contributed by atoms with E-state index >= 15 is 0 Å². The Hall–Kier alpha value is -1.88. The summed E-state index contributed by atoms with van der Waals surface area (Å²) in [7, 11) is 0. The zero-order valence-electron chi connectivity index (χ0n) is 9.19. The van der Waals surface area contributed by atoms with Crippen molar-refractivity contribution in [3.05, 3.63) is 52.5 Å². The van der Waals surface area contributed by atoms with E-state index in [0.29, 0.717) is 10.6 Å². The molecule has 0 aliphatic carbocycles. The first kappa shape index (κ1) is 12.6. The Kier molecular flexibility index (Phi) is 3.62. The van der Waals surface area contributed by atoms with Gasteiger partial charge in [0.05, 0.1) is 0 Å². The van der Waals surface area contributed by atoms with Crippen LogP contribution in [0, 0.1) is 5.82 Å². The van der Waals surface area contributed by atoms with Gasteiger partial charge in [0.15, 0.2) is 12.1 Å². The van der Waals surface area contributed by atoms with E-state index in [1.807, 2.05) is 0 Å². The summed E-state index contributed by atoms with van der Waals surface area (Å²) in [5.41, 5.74) is 0.189. The van der Waals surface area contributed by atoms with Crippen LogP contribution in [0.4, 0.5) is 4.39 Å². The number of aromatic nitrogens is 1. The fraction of sp³-hybridized carbons (Fsp3) is 0.167. The van der Waals surface area contributed by atoms with E-state index in [9.17, 15) is 9.18 Å². The molecule has 0 saturated carbocycles. The standard InChI is InChI=1S/C12H9ClFNO3/c13-8-2-1-3-9(14)7(8)4-5-10-11(12(16)17)15-6-18-10/h1-3,6H,4-5H2,(H,16,17). The topological polar surface area (TPSA) is 63.3 Å². The van der Waals surface area contributed by atoms with Gasteiger partial charge in [-0.15, -0.1) is 0 Å². The molecule has 1 aromatic heterocycles. The number of aryl methyl sites for hydroxylation is 1. The highest BCUT2D eigenvalue weighted by Gasteiger charge is 2.16. The van der Waals surface area contributed by atoms with Crippen LogP contribution in [0.3, 0.4) is 0 Å². The molecule has 0 aliphatic heterocycles. The molecular weight excluding hydrogens is 261 g/mol. The number of halogens is 2. The summed E-state index contributed by atoms with van der Waals surface area (Å²) >= 11 is 5.87. The average Bonchev–Trinajstić information content (AvgIpc) is 2.76. The van der Waals surface area contributed by atoms with Crippen LogP contribution >= 0.6 is 11.6 Å². The minimum Gasteiger partial charge on any atom is -0.476 e. The second-order valence-corrected chi connectivity index (χ2v) is 4.04. The Balaban J connectivity index is 2.17. The van der Waals surface area contributed by atoms with E-state index in [-0.39, 0.29) is 24.3 Å². The number of benzene rings is 1. The van der Waals surface area contributed by atoms with Crippen LogP contribution in [0.25, 0.3) is 0 Å². The highest BCUT2D eigenvalue weighted by molar-refractivity contribution is 6.31. The molecule has 0 unspecified atom stereocenters. The number of carboxylic acids is 1. The van der Waals surface area contributed by atoms with Crippen LogP contribution in [0.15, 0.2) is 29.0 Å². The zero-order valence-corrected chi connectivity index (χ0v) is 9.95. The SMILES string of the molecule is O=C(O)c1ncoc1CCc1c(F)cccc1Cl. The molecule has 0 fully saturated rings. The second-order valence-electron chi connectivity index (χ2n) is 3.63. The third-order valence-corrected chi connectivity index (χ3v) is 2.86. The van der Waals surface area contributed by atoms with E-state index in [2.05, 4.69) is 4.98 Å². The predicted molar refractivity (Wildman–Crippen MR) is 62.3 cm³/mol. The number of hydrogen-bond donors (Lipinski definition) is 1. The summed E-state index contributed by atoms with van der Waals surface area (Å²) in [6, 6.07) is 4.40. The van der Waals surface area contributed by atoms with E-state index in [4.69, 9.17) is 21.1 Å². The van der Waals surface area contributed by atoms with Crippen LogP contribution in [0.5, 0.6) is 0 Å². The van der Waals surface area contributed by atoms with Crippen molar-refractivity contribution < 1.29 is 18.7 Å². The number of hydrogen-bond acceptors (Lipinski definition) is 3. The number of carbonyl (C=O) groups is 1. The lowest BCUT2D eigenvalue weighted by molar-refractivity contribution is 0.0689. The van der Waals surface area contributed by atoms with Crippen LogP contribution < -0.4 is 0 Å². The third-order valence-electron chi connectivity index (χ3n) is 2.51. The summed E-state index contributed by atoms with van der Waals surface area (Å²) in [5, 5.41) is 9.15. The number of rotatable bonds is 4. The van der Waals surface area contributed by atoms with E-state index in [1.54, 1.807) is 6.07 Å². The minimum atomic E-state index is -1.17. The van der Waals surface area contributed by atoms with E-state index in [0.717, 1.165) is 6.39 Å². The fourth-order valence-electron chi connectivity index (χ4n) is 1.63. The highest BCUT2D eigenvalue weighted by Crippen LogP contribution is 2.21. The van der Waals surface area contributed by atoms with Crippen molar-refractivity contribution in [1.29, 1.82) is 0 Å². The molecule has 4 nitrogen and oxygen atoms in total. The summed E-state index contributed by atoms with van der Waals surface area (Å²) in [5.74, 6) is -1.38. The van der Waals surface area contributed by atoms with Gasteiger partial charge in [-0.05, 0) is 18.6 Å². The van der Waals surface area contributed by atoms with E-state index in [1.165, 1.54) is 12.1 Å². The van der Waals surface area contributed by atoms with Crippen LogP contribution in [-0.2, 0) is 12.8 Å². The molecule has 0 bridgehead atoms. The summed E-state index contributed by atoms with van der Waals surface area (Å²) in [6.07, 6.45) is 1.53. The Morgan fingerprint density at radius 2 is 2.22 bits per heavy atom. The maximum absolute atomic E-state index is 13.5. The number of carboxylic acid groups (broad SMARTS) is 1. The van der Waals surface area contributed by atoms with Crippen LogP contribution in [0.1, 0.15) is 21.8 Å². The second kappa shape index (κ2) is 5.18. The summed E-state index contributed by atoms with van der Waals surface area (Å²) in [4.78, 5) is 14.4. The molecule has 94 valence electrons. The first-order valence-corrected chi connectivity index (χ1v) is 5.56. The van der Waals surface area contributed by atoms with Gasteiger partial charge in [0.2, 0.25) is 0 Å². The Bertz CT molecular complexity index is 562. The lowest BCUT2D eigenvalue weighted by Crippen LogP contribution is -2.03. The Morgan fingerprint density at radius 3 is 2.89 bits per heavy atom. The number of oxazole rings is 1. The molecule has 1 aromatic carbocycles. The number of aromatic carboxylic acids is 1. The van der Waals surface area contributed by atoms with Crippen molar-refractivity contribution in [2.75, 3.05) is 0 Å². The first-order chi connectivity index (χ1) is 8.59. The lowest BCUT2D eigenvalue weighted by atomic mass is 10.1. The first-order valence-electron chi connectivity index (χ1n) is 5.18. The molecule has 6 heteroatoms. The average molecular weight is 270 g/mol. The van der Waals surface area contributed by atoms with Crippen molar-refractivity contribution in [3.8, 4) is 0 Å². The van der Waals surface area contributed by atoms with Crippen LogP contribution in [-0.4, -0.2) is 16.1 Å². The van der Waals surface area contributed by atoms with Gasteiger partial charge >= 0.3 is 5.97 Å². The summed E-state index contributed by atoms with van der Waals surface area (Å²) < 4.78 is 18.5. The quantitative estimate of drug-likeness (QED) is 0.927. The molecule has 2 rings (SSSR count). The number of nitrogens with zero attached hydrogens (tertiary/aromatic N) is 1. The molecule has 0 saturated heterocycles. The van der Waals surface area contributed by atoms with Crippen molar-refractivity contribution in [2.24, 2.45) is 0 Å². The molecule has 1 N–H and O–H groups in total. The largest absolute Gasteiger partial charge is 0.476 e. The Labute approximate surface area is 107 Å². The molecule has 18 heavy (non-hydrogen) atoms. The molecule has 0 spiro atoms. The molecule has 0 aliphatic rings. The maximum atomic E-state index is 13.5. The van der Waals surface area contributed by atoms with Gasteiger partial charge in [-0.25, -0.2) is 14.2 Å². The van der Waals surface area contributed by atoms with Gasteiger partial charge in [-0.3, -0.25) is 0 Å². The molecule has 0 amide bonds. The van der Waals surface area contributed by atoms with Crippen LogP contribution in [0.2, 0.25) is 5.02 Å². The third kappa shape index (κ3) is 2.51. The molecule has 0 radical (unpaired) electrons. The van der Waals surface area contributed by atoms with Crippen molar-refractivity contribution in [3.63, 3.8) is 0 Å². The van der Waals surface area contributed by atoms with Gasteiger partial charge < -0.3 is 9.52 Å². The van der Waals surface area contributed by atoms with Crippen molar-refractivity contribution in [1.82, 2.24) is 4.98 Å². The minimum absolute atomic E-state index is 0.150. The van der Waals surface area contributed by atoms with Crippen molar-refractivity contribution >= 4 is 17.6 Å². The lowest BCUT2D eigenvalue weighted by Gasteiger charge is -2.04. The van der Waals surface area contributed by atoms with Gasteiger partial charge in [0, 0.05) is 17.0 Å². The smallest absolute Gasteiger partial charge is 0.358 e. The molecule has 2 aromatic rings. The van der Waals surface area contributed by atoms with Gasteiger partial charge in [0.1, 0.15) is 11.6 Å². The monoisotopic (exact) mass is 269 g/mol. The van der Waals surface area contributed by atoms with Gasteiger partial charge in [0.25, 0.3) is 0 Å². The molecule has 1 heterocycles. The van der Waals surface area contributed by atoms with E-state index < -0.39 is 11.8 Å². The predicted octanol–water partition coefficient (Wildman–Crippen LogP) is 2.95. The summed E-state index contributed by atoms with van der Waals surface area (Å²) in [6.45, 7) is 0.